The highest BCUT2D eigenvalue weighted by molar-refractivity contribution is 8.14. The van der Waals surface area contributed by atoms with E-state index < -0.39 is 0 Å². The maximum atomic E-state index is 11.5. The number of hydrogen-bond donors (Lipinski definition) is 1. The summed E-state index contributed by atoms with van der Waals surface area (Å²) in [6.07, 6.45) is 1.12. The molecule has 2 rings (SSSR count). The van der Waals surface area contributed by atoms with Crippen molar-refractivity contribution in [2.45, 2.75) is 33.2 Å². The first-order valence-electron chi connectivity index (χ1n) is 7.16. The minimum absolute atomic E-state index is 0.311. The van der Waals surface area contributed by atoms with Crippen molar-refractivity contribution in [3.63, 3.8) is 0 Å². The van der Waals surface area contributed by atoms with Crippen LogP contribution in [0.15, 0.2) is 23.2 Å². The number of aryl methyl sites for hydroxylation is 1. The molecule has 0 spiro atoms. The van der Waals surface area contributed by atoms with E-state index in [0.717, 1.165) is 28.6 Å². The molecule has 114 valence electrons. The lowest BCUT2D eigenvalue weighted by Crippen LogP contribution is -2.09. The van der Waals surface area contributed by atoms with Crippen LogP contribution in [0.1, 0.15) is 36.2 Å². The van der Waals surface area contributed by atoms with Gasteiger partial charge < -0.3 is 10.1 Å². The van der Waals surface area contributed by atoms with Crippen LogP contribution in [0.3, 0.4) is 0 Å². The molecule has 0 aromatic heterocycles. The van der Waals surface area contributed by atoms with Crippen molar-refractivity contribution >= 4 is 28.6 Å². The Labute approximate surface area is 130 Å². The summed E-state index contributed by atoms with van der Waals surface area (Å²) in [6.45, 7) is 6.42. The average Bonchev–Trinajstić information content (AvgIpc) is 2.86. The molecule has 4 nitrogen and oxygen atoms in total. The molecule has 0 radical (unpaired) electrons. The maximum absolute atomic E-state index is 11.5. The van der Waals surface area contributed by atoms with E-state index in [2.05, 4.69) is 19.2 Å². The van der Waals surface area contributed by atoms with Gasteiger partial charge in [-0.1, -0.05) is 25.6 Å². The molecule has 5 heteroatoms. The quantitative estimate of drug-likeness (QED) is 0.862. The third-order valence-corrected chi connectivity index (χ3v) is 4.38. The number of carbonyl (C=O) groups excluding carboxylic acids is 1. The van der Waals surface area contributed by atoms with Crippen LogP contribution in [-0.4, -0.2) is 30.0 Å². The van der Waals surface area contributed by atoms with Crippen LogP contribution in [0, 0.1) is 12.8 Å². The summed E-state index contributed by atoms with van der Waals surface area (Å²) >= 11 is 1.76. The third-order valence-electron chi connectivity index (χ3n) is 3.34. The van der Waals surface area contributed by atoms with Gasteiger partial charge in [-0.05, 0) is 43.0 Å². The monoisotopic (exact) mass is 306 g/mol. The van der Waals surface area contributed by atoms with Gasteiger partial charge in [-0.2, -0.15) is 0 Å². The standard InChI is InChI=1S/C16H22N2O2S/c1-10(2)7-13-9-21-16(17-13)18-14-6-5-12(8-11(14)3)15(19)20-4/h5-6,8,10,13H,7,9H2,1-4H3,(H,17,18)/t13-/m0/s1. The number of amidine groups is 1. The predicted octanol–water partition coefficient (Wildman–Crippen LogP) is 3.71. The SMILES string of the molecule is COC(=O)c1ccc(NC2=N[C@@H](CC(C)C)CS2)c(C)c1. The van der Waals surface area contributed by atoms with Gasteiger partial charge >= 0.3 is 5.97 Å². The van der Waals surface area contributed by atoms with E-state index >= 15 is 0 Å². The number of rotatable bonds is 4. The predicted molar refractivity (Wildman–Crippen MR) is 89.3 cm³/mol. The Bertz CT molecular complexity index is 555. The topological polar surface area (TPSA) is 50.7 Å². The zero-order valence-corrected chi connectivity index (χ0v) is 13.8. The van der Waals surface area contributed by atoms with E-state index in [4.69, 9.17) is 9.73 Å². The Hall–Kier alpha value is -1.49. The lowest BCUT2D eigenvalue weighted by Gasteiger charge is -2.10. The van der Waals surface area contributed by atoms with Crippen LogP contribution in [0.25, 0.3) is 0 Å². The molecule has 0 saturated carbocycles. The lowest BCUT2D eigenvalue weighted by atomic mass is 10.1. The maximum Gasteiger partial charge on any atom is 0.337 e. The van der Waals surface area contributed by atoms with E-state index in [1.807, 2.05) is 19.1 Å². The summed E-state index contributed by atoms with van der Waals surface area (Å²) in [5.74, 6) is 1.40. The number of methoxy groups -OCH3 is 1. The van der Waals surface area contributed by atoms with Crippen LogP contribution in [0.2, 0.25) is 0 Å². The number of hydrogen-bond acceptors (Lipinski definition) is 5. The second-order valence-corrected chi connectivity index (χ2v) is 6.68. The van der Waals surface area contributed by atoms with E-state index in [-0.39, 0.29) is 5.97 Å². The Morgan fingerprint density at radius 1 is 1.52 bits per heavy atom. The molecule has 1 aromatic carbocycles. The molecule has 1 N–H and O–H groups in total. The highest BCUT2D eigenvalue weighted by atomic mass is 32.2. The lowest BCUT2D eigenvalue weighted by molar-refractivity contribution is 0.0600. The van der Waals surface area contributed by atoms with E-state index in [1.165, 1.54) is 7.11 Å². The van der Waals surface area contributed by atoms with Crippen LogP contribution >= 0.6 is 11.8 Å². The van der Waals surface area contributed by atoms with Gasteiger partial charge in [-0.25, -0.2) is 4.79 Å². The number of ether oxygens (including phenoxy) is 1. The molecule has 1 aliphatic heterocycles. The number of nitrogens with one attached hydrogen (secondary N) is 1. The molecular formula is C16H22N2O2S. The van der Waals surface area contributed by atoms with Crippen LogP contribution < -0.4 is 5.32 Å². The van der Waals surface area contributed by atoms with Gasteiger partial charge in [0.15, 0.2) is 5.17 Å². The number of nitrogens with zero attached hydrogens (tertiary/aromatic N) is 1. The van der Waals surface area contributed by atoms with Gasteiger partial charge in [0.2, 0.25) is 0 Å². The van der Waals surface area contributed by atoms with Crippen molar-refractivity contribution in [3.05, 3.63) is 29.3 Å². The van der Waals surface area contributed by atoms with Gasteiger partial charge in [0.05, 0.1) is 18.7 Å². The molecule has 0 aliphatic carbocycles. The van der Waals surface area contributed by atoms with Crippen LogP contribution in [0.4, 0.5) is 5.69 Å². The van der Waals surface area contributed by atoms with E-state index in [9.17, 15) is 4.79 Å². The molecule has 1 aromatic rings. The number of aliphatic imine (C=N–C) groups is 1. The van der Waals surface area contributed by atoms with Gasteiger partial charge in [0.1, 0.15) is 0 Å². The molecule has 0 unspecified atom stereocenters. The Kier molecular flexibility index (Phi) is 5.28. The summed E-state index contributed by atoms with van der Waals surface area (Å²) < 4.78 is 4.73. The minimum Gasteiger partial charge on any atom is -0.465 e. The Morgan fingerprint density at radius 2 is 2.29 bits per heavy atom. The minimum atomic E-state index is -0.311. The van der Waals surface area contributed by atoms with Gasteiger partial charge in [0.25, 0.3) is 0 Å². The number of benzene rings is 1. The fourth-order valence-corrected chi connectivity index (χ4v) is 3.28. The zero-order chi connectivity index (χ0) is 15.4. The van der Waals surface area contributed by atoms with E-state index in [1.54, 1.807) is 17.8 Å². The van der Waals surface area contributed by atoms with Gasteiger partial charge in [-0.15, -0.1) is 0 Å². The third kappa shape index (κ3) is 4.24. The summed E-state index contributed by atoms with van der Waals surface area (Å²) in [5, 5.41) is 4.32. The average molecular weight is 306 g/mol. The largest absolute Gasteiger partial charge is 0.465 e. The molecule has 0 bridgehead atoms. The highest BCUT2D eigenvalue weighted by Gasteiger charge is 2.19. The summed E-state index contributed by atoms with van der Waals surface area (Å²) in [7, 11) is 1.39. The zero-order valence-electron chi connectivity index (χ0n) is 13.0. The number of carbonyl (C=O) groups is 1. The summed E-state index contributed by atoms with van der Waals surface area (Å²) in [5.41, 5.74) is 2.56. The first kappa shape index (κ1) is 15.9. The Balaban J connectivity index is 2.05. The molecule has 0 fully saturated rings. The van der Waals surface area contributed by atoms with Crippen molar-refractivity contribution < 1.29 is 9.53 Å². The fraction of sp³-hybridized carbons (Fsp3) is 0.500. The van der Waals surface area contributed by atoms with Crippen molar-refractivity contribution in [2.75, 3.05) is 18.2 Å². The number of anilines is 1. The van der Waals surface area contributed by atoms with Gasteiger partial charge in [0, 0.05) is 11.4 Å². The molecule has 0 saturated heterocycles. The molecule has 1 aliphatic rings. The smallest absolute Gasteiger partial charge is 0.337 e. The molecule has 0 amide bonds. The highest BCUT2D eigenvalue weighted by Crippen LogP contribution is 2.25. The first-order valence-corrected chi connectivity index (χ1v) is 8.14. The van der Waals surface area contributed by atoms with Crippen LogP contribution in [-0.2, 0) is 4.74 Å². The fourth-order valence-electron chi connectivity index (χ4n) is 2.31. The van der Waals surface area contributed by atoms with Crippen LogP contribution in [0.5, 0.6) is 0 Å². The first-order chi connectivity index (χ1) is 9.99. The summed E-state index contributed by atoms with van der Waals surface area (Å²) in [4.78, 5) is 16.2. The van der Waals surface area contributed by atoms with E-state index in [0.29, 0.717) is 17.5 Å². The molecule has 1 atom stereocenters. The Morgan fingerprint density at radius 3 is 2.90 bits per heavy atom. The number of esters is 1. The van der Waals surface area contributed by atoms with Crippen molar-refractivity contribution in [3.8, 4) is 0 Å². The molecule has 1 heterocycles. The van der Waals surface area contributed by atoms with Crippen molar-refractivity contribution in [2.24, 2.45) is 10.9 Å². The second-order valence-electron chi connectivity index (χ2n) is 5.67. The normalized spacial score (nSPS) is 17.8. The number of thioether (sulfide) groups is 1. The second kappa shape index (κ2) is 6.98. The van der Waals surface area contributed by atoms with Gasteiger partial charge in [-0.3, -0.25) is 4.99 Å². The molecular weight excluding hydrogens is 284 g/mol. The van der Waals surface area contributed by atoms with Crippen molar-refractivity contribution in [1.82, 2.24) is 0 Å². The molecule has 21 heavy (non-hydrogen) atoms. The summed E-state index contributed by atoms with van der Waals surface area (Å²) in [6, 6.07) is 5.92. The van der Waals surface area contributed by atoms with Crippen molar-refractivity contribution in [1.29, 1.82) is 0 Å².